The normalized spacial score (nSPS) is 10.4. The summed E-state index contributed by atoms with van der Waals surface area (Å²) < 4.78 is 6.59. The summed E-state index contributed by atoms with van der Waals surface area (Å²) in [4.78, 5) is 23.6. The number of hydrogen-bond acceptors (Lipinski definition) is 4. The SMILES string of the molecule is COCC(=O)Nc1ccc(Cl)c(NC(=O)NCCCn2cc(C)cn2)c1. The fourth-order valence-corrected chi connectivity index (χ4v) is 2.39. The van der Waals surface area contributed by atoms with Crippen LogP contribution in [0.1, 0.15) is 12.0 Å². The molecular formula is C17H22ClN5O3. The fraction of sp³-hybridized carbons (Fsp3) is 0.353. The number of aryl methyl sites for hydroxylation is 2. The second kappa shape index (κ2) is 9.79. The molecule has 2 aromatic rings. The maximum Gasteiger partial charge on any atom is 0.319 e. The summed E-state index contributed by atoms with van der Waals surface area (Å²) in [6.07, 6.45) is 4.49. The molecule has 0 aliphatic carbocycles. The standard InChI is InChI=1S/C17H22ClN5O3/c1-12-9-20-23(10-12)7-3-6-19-17(25)22-15-8-13(4-5-14(15)18)21-16(24)11-26-2/h4-5,8-10H,3,6-7,11H2,1-2H3,(H,21,24)(H2,19,22,25). The van der Waals surface area contributed by atoms with Crippen molar-refractivity contribution in [3.63, 3.8) is 0 Å². The molecule has 26 heavy (non-hydrogen) atoms. The Morgan fingerprint density at radius 1 is 1.31 bits per heavy atom. The lowest BCUT2D eigenvalue weighted by molar-refractivity contribution is -0.119. The fourth-order valence-electron chi connectivity index (χ4n) is 2.23. The van der Waals surface area contributed by atoms with Gasteiger partial charge in [-0.3, -0.25) is 9.48 Å². The van der Waals surface area contributed by atoms with E-state index in [1.54, 1.807) is 24.4 Å². The number of benzene rings is 1. The van der Waals surface area contributed by atoms with E-state index < -0.39 is 0 Å². The number of ether oxygens (including phenoxy) is 1. The van der Waals surface area contributed by atoms with Crippen molar-refractivity contribution in [1.82, 2.24) is 15.1 Å². The number of nitrogens with zero attached hydrogens (tertiary/aromatic N) is 2. The molecule has 0 bridgehead atoms. The Kier molecular flexibility index (Phi) is 7.43. The highest BCUT2D eigenvalue weighted by molar-refractivity contribution is 6.33. The van der Waals surface area contributed by atoms with Crippen LogP contribution in [0.15, 0.2) is 30.6 Å². The third-order valence-electron chi connectivity index (χ3n) is 3.39. The Balaban J connectivity index is 1.80. The summed E-state index contributed by atoms with van der Waals surface area (Å²) in [6, 6.07) is 4.45. The minimum atomic E-state index is -0.371. The van der Waals surface area contributed by atoms with Gasteiger partial charge in [-0.2, -0.15) is 5.10 Å². The average Bonchev–Trinajstić information content (AvgIpc) is 3.00. The molecule has 8 nitrogen and oxygen atoms in total. The maximum atomic E-state index is 12.0. The number of aromatic nitrogens is 2. The van der Waals surface area contributed by atoms with E-state index in [-0.39, 0.29) is 18.5 Å². The summed E-state index contributed by atoms with van der Waals surface area (Å²) in [7, 11) is 1.44. The largest absolute Gasteiger partial charge is 0.375 e. The first-order valence-corrected chi connectivity index (χ1v) is 8.48. The van der Waals surface area contributed by atoms with Gasteiger partial charge in [-0.15, -0.1) is 0 Å². The third kappa shape index (κ3) is 6.38. The number of carbonyl (C=O) groups excluding carboxylic acids is 2. The second-order valence-corrected chi connectivity index (χ2v) is 6.10. The van der Waals surface area contributed by atoms with Crippen molar-refractivity contribution in [3.05, 3.63) is 41.2 Å². The number of halogens is 1. The number of anilines is 2. The van der Waals surface area contributed by atoms with Gasteiger partial charge in [0.25, 0.3) is 0 Å². The number of hydrogen-bond donors (Lipinski definition) is 3. The van der Waals surface area contributed by atoms with Crippen molar-refractivity contribution in [3.8, 4) is 0 Å². The average molecular weight is 380 g/mol. The number of nitrogens with one attached hydrogen (secondary N) is 3. The Morgan fingerprint density at radius 3 is 2.81 bits per heavy atom. The smallest absolute Gasteiger partial charge is 0.319 e. The van der Waals surface area contributed by atoms with Crippen LogP contribution >= 0.6 is 11.6 Å². The summed E-state index contributed by atoms with van der Waals surface area (Å²) in [5.74, 6) is -0.293. The quantitative estimate of drug-likeness (QED) is 0.614. The lowest BCUT2D eigenvalue weighted by atomic mass is 10.2. The second-order valence-electron chi connectivity index (χ2n) is 5.69. The highest BCUT2D eigenvalue weighted by Crippen LogP contribution is 2.25. The molecule has 1 heterocycles. The first kappa shape index (κ1) is 19.7. The molecule has 0 aliphatic rings. The van der Waals surface area contributed by atoms with Crippen molar-refractivity contribution in [2.45, 2.75) is 19.9 Å². The van der Waals surface area contributed by atoms with E-state index in [1.807, 2.05) is 17.8 Å². The Labute approximate surface area is 156 Å². The zero-order valence-electron chi connectivity index (χ0n) is 14.7. The van der Waals surface area contributed by atoms with Crippen LogP contribution in [-0.2, 0) is 16.1 Å². The van der Waals surface area contributed by atoms with E-state index in [9.17, 15) is 9.59 Å². The van der Waals surface area contributed by atoms with Gasteiger partial charge in [0.05, 0.1) is 16.9 Å². The molecular weight excluding hydrogens is 358 g/mol. The van der Waals surface area contributed by atoms with Crippen LogP contribution in [0.5, 0.6) is 0 Å². The van der Waals surface area contributed by atoms with Crippen molar-refractivity contribution in [1.29, 1.82) is 0 Å². The van der Waals surface area contributed by atoms with Gasteiger partial charge in [0.2, 0.25) is 5.91 Å². The molecule has 1 aromatic heterocycles. The van der Waals surface area contributed by atoms with Gasteiger partial charge in [0.15, 0.2) is 0 Å². The molecule has 3 amide bonds. The molecule has 0 spiro atoms. The topological polar surface area (TPSA) is 97.3 Å². The number of amides is 3. The molecule has 0 saturated heterocycles. The van der Waals surface area contributed by atoms with Crippen molar-refractivity contribution in [2.75, 3.05) is 30.9 Å². The van der Waals surface area contributed by atoms with Crippen LogP contribution in [0.4, 0.5) is 16.2 Å². The lowest BCUT2D eigenvalue weighted by Crippen LogP contribution is -2.30. The van der Waals surface area contributed by atoms with Crippen LogP contribution in [0.25, 0.3) is 0 Å². The lowest BCUT2D eigenvalue weighted by Gasteiger charge is -2.11. The zero-order valence-corrected chi connectivity index (χ0v) is 15.5. The molecule has 2 rings (SSSR count). The Hall–Kier alpha value is -2.58. The molecule has 9 heteroatoms. The van der Waals surface area contributed by atoms with E-state index in [1.165, 1.54) is 7.11 Å². The van der Waals surface area contributed by atoms with Gasteiger partial charge in [-0.05, 0) is 37.1 Å². The summed E-state index contributed by atoms with van der Waals surface area (Å²) >= 11 is 6.09. The van der Waals surface area contributed by atoms with E-state index in [0.29, 0.717) is 22.9 Å². The maximum absolute atomic E-state index is 12.0. The van der Waals surface area contributed by atoms with Crippen LogP contribution in [0, 0.1) is 6.92 Å². The number of urea groups is 1. The molecule has 0 aliphatic heterocycles. The highest BCUT2D eigenvalue weighted by atomic mass is 35.5. The van der Waals surface area contributed by atoms with E-state index in [0.717, 1.165) is 18.5 Å². The van der Waals surface area contributed by atoms with Gasteiger partial charge < -0.3 is 20.7 Å². The summed E-state index contributed by atoms with van der Waals surface area (Å²) in [6.45, 7) is 3.13. The Bertz CT molecular complexity index is 763. The Morgan fingerprint density at radius 2 is 2.12 bits per heavy atom. The van der Waals surface area contributed by atoms with Crippen molar-refractivity contribution >= 4 is 34.9 Å². The summed E-state index contributed by atoms with van der Waals surface area (Å²) in [5, 5.41) is 12.6. The van der Waals surface area contributed by atoms with Gasteiger partial charge in [-0.25, -0.2) is 4.79 Å². The minimum absolute atomic E-state index is 0.0539. The molecule has 0 radical (unpaired) electrons. The summed E-state index contributed by atoms with van der Waals surface area (Å²) in [5.41, 5.74) is 2.02. The molecule has 140 valence electrons. The highest BCUT2D eigenvalue weighted by Gasteiger charge is 2.08. The van der Waals surface area contributed by atoms with Gasteiger partial charge in [0, 0.05) is 32.1 Å². The predicted octanol–water partition coefficient (Wildman–Crippen LogP) is 2.64. The van der Waals surface area contributed by atoms with Crippen LogP contribution < -0.4 is 16.0 Å². The molecule has 0 atom stereocenters. The minimum Gasteiger partial charge on any atom is -0.375 e. The molecule has 0 unspecified atom stereocenters. The van der Waals surface area contributed by atoms with Crippen molar-refractivity contribution in [2.24, 2.45) is 0 Å². The van der Waals surface area contributed by atoms with Crippen LogP contribution in [-0.4, -0.2) is 42.0 Å². The van der Waals surface area contributed by atoms with E-state index in [2.05, 4.69) is 21.0 Å². The monoisotopic (exact) mass is 379 g/mol. The molecule has 0 fully saturated rings. The van der Waals surface area contributed by atoms with E-state index in [4.69, 9.17) is 16.3 Å². The van der Waals surface area contributed by atoms with E-state index >= 15 is 0 Å². The van der Waals surface area contributed by atoms with Gasteiger partial charge >= 0.3 is 6.03 Å². The third-order valence-corrected chi connectivity index (χ3v) is 3.72. The molecule has 0 saturated carbocycles. The van der Waals surface area contributed by atoms with Crippen molar-refractivity contribution < 1.29 is 14.3 Å². The number of methoxy groups -OCH3 is 1. The number of carbonyl (C=O) groups is 2. The number of rotatable bonds is 8. The van der Waals surface area contributed by atoms with Crippen LogP contribution in [0.3, 0.4) is 0 Å². The van der Waals surface area contributed by atoms with Gasteiger partial charge in [0.1, 0.15) is 6.61 Å². The first-order valence-electron chi connectivity index (χ1n) is 8.10. The molecule has 1 aromatic carbocycles. The molecule has 3 N–H and O–H groups in total. The zero-order chi connectivity index (χ0) is 18.9. The first-order chi connectivity index (χ1) is 12.5. The van der Waals surface area contributed by atoms with Crippen LogP contribution in [0.2, 0.25) is 5.02 Å². The van der Waals surface area contributed by atoms with Gasteiger partial charge in [-0.1, -0.05) is 11.6 Å². The predicted molar refractivity (Wildman–Crippen MR) is 101 cm³/mol.